The van der Waals surface area contributed by atoms with E-state index >= 15 is 0 Å². The number of para-hydroxylation sites is 1. The molecule has 18 heavy (non-hydrogen) atoms. The summed E-state index contributed by atoms with van der Waals surface area (Å²) in [5, 5.41) is 4.45. The van der Waals surface area contributed by atoms with Gasteiger partial charge in [-0.25, -0.2) is 0 Å². The molecule has 1 aliphatic heterocycles. The third kappa shape index (κ3) is 2.29. The molecule has 0 bridgehead atoms. The van der Waals surface area contributed by atoms with Crippen LogP contribution < -0.4 is 5.32 Å². The molecular formula is C16H15NO. The van der Waals surface area contributed by atoms with Crippen LogP contribution in [0, 0.1) is 0 Å². The molecule has 0 saturated carbocycles. The van der Waals surface area contributed by atoms with Gasteiger partial charge in [0.05, 0.1) is 6.26 Å². The number of rotatable bonds is 0. The topological polar surface area (TPSA) is 25.2 Å². The Morgan fingerprint density at radius 3 is 2.17 bits per heavy atom. The molecule has 2 heteroatoms. The van der Waals surface area contributed by atoms with Gasteiger partial charge in [-0.3, -0.25) is 0 Å². The van der Waals surface area contributed by atoms with Crippen molar-refractivity contribution in [3.8, 4) is 0 Å². The summed E-state index contributed by atoms with van der Waals surface area (Å²) in [4.78, 5) is 0. The minimum atomic E-state index is 0.956. The van der Waals surface area contributed by atoms with Crippen LogP contribution in [0.15, 0.2) is 65.3 Å². The summed E-state index contributed by atoms with van der Waals surface area (Å²) in [6.45, 7) is 2.10. The summed E-state index contributed by atoms with van der Waals surface area (Å²) in [5.74, 6) is 0. The Hall–Kier alpha value is -2.06. The SMILES string of the molecule is c1ccc2c(c1)CNC2.c1ccc2occc2c1. The summed E-state index contributed by atoms with van der Waals surface area (Å²) in [6.07, 6.45) is 1.70. The summed E-state index contributed by atoms with van der Waals surface area (Å²) >= 11 is 0. The third-order valence-corrected chi connectivity index (χ3v) is 3.11. The molecule has 1 aromatic heterocycles. The van der Waals surface area contributed by atoms with E-state index in [-0.39, 0.29) is 0 Å². The Labute approximate surface area is 106 Å². The molecule has 1 N–H and O–H groups in total. The lowest BCUT2D eigenvalue weighted by molar-refractivity contribution is 0.616. The van der Waals surface area contributed by atoms with Crippen molar-refractivity contribution in [2.24, 2.45) is 0 Å². The van der Waals surface area contributed by atoms with Gasteiger partial charge in [-0.2, -0.15) is 0 Å². The highest BCUT2D eigenvalue weighted by Gasteiger charge is 2.06. The Bertz CT molecular complexity index is 589. The standard InChI is InChI=1S/C8H9N.C8H6O/c1-2-4-8-6-9-5-7(8)3-1;1-2-4-8-7(3-1)5-6-9-8/h1-4,9H,5-6H2;1-6H. The van der Waals surface area contributed by atoms with E-state index in [1.807, 2.05) is 30.3 Å². The highest BCUT2D eigenvalue weighted by atomic mass is 16.3. The van der Waals surface area contributed by atoms with Gasteiger partial charge in [0, 0.05) is 18.5 Å². The number of fused-ring (bicyclic) bond motifs is 2. The molecule has 0 amide bonds. The molecule has 4 rings (SSSR count). The lowest BCUT2D eigenvalue weighted by Crippen LogP contribution is -1.99. The van der Waals surface area contributed by atoms with Gasteiger partial charge >= 0.3 is 0 Å². The molecule has 2 nitrogen and oxygen atoms in total. The van der Waals surface area contributed by atoms with Crippen LogP contribution in [0.5, 0.6) is 0 Å². The first-order valence-electron chi connectivity index (χ1n) is 6.13. The zero-order valence-corrected chi connectivity index (χ0v) is 10.1. The van der Waals surface area contributed by atoms with Crippen molar-refractivity contribution in [3.63, 3.8) is 0 Å². The van der Waals surface area contributed by atoms with Crippen molar-refractivity contribution in [3.05, 3.63) is 72.0 Å². The Morgan fingerprint density at radius 1 is 0.778 bits per heavy atom. The maximum absolute atomic E-state index is 5.12. The Morgan fingerprint density at radius 2 is 1.44 bits per heavy atom. The second-order valence-corrected chi connectivity index (χ2v) is 4.33. The van der Waals surface area contributed by atoms with Crippen LogP contribution in [0.1, 0.15) is 11.1 Å². The van der Waals surface area contributed by atoms with Crippen molar-refractivity contribution in [1.82, 2.24) is 5.32 Å². The highest BCUT2D eigenvalue weighted by Crippen LogP contribution is 2.13. The second kappa shape index (κ2) is 5.07. The molecule has 1 aliphatic rings. The first kappa shape index (κ1) is 11.1. The van der Waals surface area contributed by atoms with E-state index in [2.05, 4.69) is 29.6 Å². The van der Waals surface area contributed by atoms with Gasteiger partial charge in [0.15, 0.2) is 0 Å². The molecule has 0 unspecified atom stereocenters. The van der Waals surface area contributed by atoms with Crippen molar-refractivity contribution < 1.29 is 4.42 Å². The summed E-state index contributed by atoms with van der Waals surface area (Å²) in [5.41, 5.74) is 3.87. The molecule has 0 spiro atoms. The van der Waals surface area contributed by atoms with Crippen molar-refractivity contribution in [1.29, 1.82) is 0 Å². The first-order chi connectivity index (χ1) is 8.93. The molecule has 0 atom stereocenters. The lowest BCUT2D eigenvalue weighted by Gasteiger charge is -1.91. The van der Waals surface area contributed by atoms with Crippen molar-refractivity contribution in [2.45, 2.75) is 13.1 Å². The minimum Gasteiger partial charge on any atom is -0.464 e. The van der Waals surface area contributed by atoms with Crippen LogP contribution in [0.2, 0.25) is 0 Å². The molecule has 3 aromatic rings. The number of nitrogens with one attached hydrogen (secondary N) is 1. The fourth-order valence-corrected chi connectivity index (χ4v) is 2.14. The molecule has 2 heterocycles. The van der Waals surface area contributed by atoms with Gasteiger partial charge in [0.1, 0.15) is 5.58 Å². The number of furan rings is 1. The van der Waals surface area contributed by atoms with Crippen molar-refractivity contribution in [2.75, 3.05) is 0 Å². The molecule has 0 aliphatic carbocycles. The largest absolute Gasteiger partial charge is 0.464 e. The summed E-state index contributed by atoms with van der Waals surface area (Å²) in [7, 11) is 0. The van der Waals surface area contributed by atoms with Crippen LogP contribution >= 0.6 is 0 Å². The molecule has 0 fully saturated rings. The third-order valence-electron chi connectivity index (χ3n) is 3.11. The number of hydrogen-bond donors (Lipinski definition) is 1. The van der Waals surface area contributed by atoms with Gasteiger partial charge in [-0.1, -0.05) is 42.5 Å². The van der Waals surface area contributed by atoms with Crippen LogP contribution in [0.25, 0.3) is 11.0 Å². The van der Waals surface area contributed by atoms with Crippen LogP contribution in [0.4, 0.5) is 0 Å². The maximum atomic E-state index is 5.12. The average Bonchev–Trinajstić information content (AvgIpc) is 3.08. The van der Waals surface area contributed by atoms with E-state index in [0.29, 0.717) is 0 Å². The lowest BCUT2D eigenvalue weighted by atomic mass is 10.1. The predicted octanol–water partition coefficient (Wildman–Crippen LogP) is 3.72. The Balaban J connectivity index is 0.000000111. The quantitative estimate of drug-likeness (QED) is 0.644. The van der Waals surface area contributed by atoms with E-state index in [0.717, 1.165) is 24.1 Å². The van der Waals surface area contributed by atoms with E-state index < -0.39 is 0 Å². The van der Waals surface area contributed by atoms with Crippen LogP contribution in [0.3, 0.4) is 0 Å². The molecular weight excluding hydrogens is 222 g/mol. The molecule has 2 aromatic carbocycles. The fraction of sp³-hybridized carbons (Fsp3) is 0.125. The summed E-state index contributed by atoms with van der Waals surface area (Å²) < 4.78 is 5.12. The summed E-state index contributed by atoms with van der Waals surface area (Å²) in [6, 6.07) is 18.4. The number of benzene rings is 2. The monoisotopic (exact) mass is 237 g/mol. The average molecular weight is 237 g/mol. The van der Waals surface area contributed by atoms with E-state index in [9.17, 15) is 0 Å². The van der Waals surface area contributed by atoms with Gasteiger partial charge in [0.2, 0.25) is 0 Å². The molecule has 0 radical (unpaired) electrons. The van der Waals surface area contributed by atoms with E-state index in [1.165, 1.54) is 11.1 Å². The normalized spacial score (nSPS) is 12.9. The van der Waals surface area contributed by atoms with Crippen LogP contribution in [-0.4, -0.2) is 0 Å². The van der Waals surface area contributed by atoms with Crippen LogP contribution in [-0.2, 0) is 13.1 Å². The molecule has 0 saturated heterocycles. The van der Waals surface area contributed by atoms with Gasteiger partial charge in [-0.15, -0.1) is 0 Å². The maximum Gasteiger partial charge on any atom is 0.133 e. The Kier molecular flexibility index (Phi) is 3.11. The van der Waals surface area contributed by atoms with Crippen molar-refractivity contribution >= 4 is 11.0 Å². The van der Waals surface area contributed by atoms with Gasteiger partial charge in [0.25, 0.3) is 0 Å². The minimum absolute atomic E-state index is 0.956. The fourth-order valence-electron chi connectivity index (χ4n) is 2.14. The highest BCUT2D eigenvalue weighted by molar-refractivity contribution is 5.76. The smallest absolute Gasteiger partial charge is 0.133 e. The van der Waals surface area contributed by atoms with E-state index in [4.69, 9.17) is 4.42 Å². The van der Waals surface area contributed by atoms with E-state index in [1.54, 1.807) is 6.26 Å². The first-order valence-corrected chi connectivity index (χ1v) is 6.13. The second-order valence-electron chi connectivity index (χ2n) is 4.33. The molecule has 90 valence electrons. The van der Waals surface area contributed by atoms with Gasteiger partial charge < -0.3 is 9.73 Å². The van der Waals surface area contributed by atoms with Gasteiger partial charge in [-0.05, 0) is 23.3 Å². The zero-order chi connectivity index (χ0) is 12.2. The zero-order valence-electron chi connectivity index (χ0n) is 10.1. The number of hydrogen-bond acceptors (Lipinski definition) is 2. The predicted molar refractivity (Wildman–Crippen MR) is 73.2 cm³/mol.